The molecule has 106 valence electrons. The molecular formula is C21H16O. The molecule has 1 heteroatoms. The monoisotopic (exact) mass is 284 g/mol. The van der Waals surface area contributed by atoms with Gasteiger partial charge in [0.05, 0.1) is 0 Å². The molecule has 0 aliphatic heterocycles. The summed E-state index contributed by atoms with van der Waals surface area (Å²) in [7, 11) is 0. The molecule has 0 saturated carbocycles. The first-order valence-electron chi connectivity index (χ1n) is 7.66. The molecule has 0 aliphatic rings. The van der Waals surface area contributed by atoms with Gasteiger partial charge in [-0.25, -0.2) is 0 Å². The predicted molar refractivity (Wildman–Crippen MR) is 92.8 cm³/mol. The lowest BCUT2D eigenvalue weighted by molar-refractivity contribution is 0.516. The number of hydrogen-bond donors (Lipinski definition) is 1. The zero-order chi connectivity index (χ0) is 14.9. The second kappa shape index (κ2) is 5.24. The maximum Gasteiger partial charge on any atom is 0.107 e. The van der Waals surface area contributed by atoms with E-state index in [1.54, 1.807) is 0 Å². The molecule has 4 aromatic rings. The molecule has 0 fully saturated rings. The highest BCUT2D eigenvalue weighted by Crippen LogP contribution is 2.36. The highest BCUT2D eigenvalue weighted by molar-refractivity contribution is 6.23. The number of aliphatic hydroxyl groups excluding tert-OH is 1. The second-order valence-electron chi connectivity index (χ2n) is 5.72. The van der Waals surface area contributed by atoms with Crippen molar-refractivity contribution in [1.82, 2.24) is 0 Å². The molecule has 0 amide bonds. The Kier molecular flexibility index (Phi) is 3.09. The van der Waals surface area contributed by atoms with E-state index < -0.39 is 0 Å². The maximum atomic E-state index is 8.56. The zero-order valence-electron chi connectivity index (χ0n) is 12.3. The normalized spacial score (nSPS) is 11.1. The number of aryl methyl sites for hydroxylation is 1. The summed E-state index contributed by atoms with van der Waals surface area (Å²) in [6.45, 7) is 0. The molecule has 1 nitrogen and oxygen atoms in total. The van der Waals surface area contributed by atoms with Crippen molar-refractivity contribution in [1.29, 1.82) is 0 Å². The largest absolute Gasteiger partial charge is 0.462 e. The molecule has 0 radical (unpaired) electrons. The maximum absolute atomic E-state index is 8.56. The summed E-state index contributed by atoms with van der Waals surface area (Å²) in [6, 6.07) is 19.8. The third kappa shape index (κ3) is 1.96. The van der Waals surface area contributed by atoms with E-state index in [4.69, 9.17) is 5.11 Å². The van der Waals surface area contributed by atoms with Crippen LogP contribution >= 0.6 is 0 Å². The van der Waals surface area contributed by atoms with E-state index in [0.717, 1.165) is 19.3 Å². The van der Waals surface area contributed by atoms with E-state index in [9.17, 15) is 0 Å². The number of unbranched alkanes of at least 4 members (excludes halogenated alkanes) is 1. The van der Waals surface area contributed by atoms with Gasteiger partial charge in [-0.3, -0.25) is 0 Å². The molecule has 0 heterocycles. The fraction of sp³-hybridized carbons (Fsp3) is 0.143. The van der Waals surface area contributed by atoms with Crippen LogP contribution in [0.3, 0.4) is 0 Å². The number of rotatable bonds is 3. The predicted octanol–water partition coefficient (Wildman–Crippen LogP) is 5.24. The van der Waals surface area contributed by atoms with Crippen molar-refractivity contribution in [3.8, 4) is 12.0 Å². The van der Waals surface area contributed by atoms with E-state index in [1.807, 2.05) is 6.11 Å². The molecule has 0 spiro atoms. The molecule has 22 heavy (non-hydrogen) atoms. The minimum atomic E-state index is 0.735. The Morgan fingerprint density at radius 3 is 2.23 bits per heavy atom. The van der Waals surface area contributed by atoms with Crippen molar-refractivity contribution in [2.45, 2.75) is 19.3 Å². The summed E-state index contributed by atoms with van der Waals surface area (Å²) in [4.78, 5) is 0. The van der Waals surface area contributed by atoms with Gasteiger partial charge in [0.2, 0.25) is 0 Å². The summed E-state index contributed by atoms with van der Waals surface area (Å²) < 4.78 is 0. The molecule has 4 aromatic carbocycles. The third-order valence-electron chi connectivity index (χ3n) is 4.45. The number of hydrogen-bond acceptors (Lipinski definition) is 1. The molecule has 4 rings (SSSR count). The molecule has 0 aliphatic carbocycles. The topological polar surface area (TPSA) is 20.2 Å². The van der Waals surface area contributed by atoms with Crippen LogP contribution in [0, 0.1) is 12.0 Å². The molecular weight excluding hydrogens is 268 g/mol. The summed E-state index contributed by atoms with van der Waals surface area (Å²) in [5.41, 5.74) is 1.37. The van der Waals surface area contributed by atoms with Crippen molar-refractivity contribution >= 4 is 32.3 Å². The molecule has 0 saturated heterocycles. The molecule has 0 unspecified atom stereocenters. The van der Waals surface area contributed by atoms with Crippen LogP contribution in [0.15, 0.2) is 54.6 Å². The molecule has 1 N–H and O–H groups in total. The fourth-order valence-corrected chi connectivity index (χ4v) is 3.44. The van der Waals surface area contributed by atoms with E-state index in [0.29, 0.717) is 0 Å². The highest BCUT2D eigenvalue weighted by atomic mass is 16.2. The Morgan fingerprint density at radius 2 is 1.45 bits per heavy atom. The van der Waals surface area contributed by atoms with Gasteiger partial charge in [0, 0.05) is 6.42 Å². The van der Waals surface area contributed by atoms with Crippen molar-refractivity contribution < 1.29 is 5.11 Å². The Morgan fingerprint density at radius 1 is 0.773 bits per heavy atom. The summed E-state index contributed by atoms with van der Waals surface area (Å²) >= 11 is 0. The van der Waals surface area contributed by atoms with Gasteiger partial charge in [-0.15, -0.1) is 0 Å². The quantitative estimate of drug-likeness (QED) is 0.310. The fourth-order valence-electron chi connectivity index (χ4n) is 3.44. The number of aliphatic hydroxyl groups is 1. The van der Waals surface area contributed by atoms with Gasteiger partial charge in [-0.2, -0.15) is 0 Å². The number of benzene rings is 4. The van der Waals surface area contributed by atoms with E-state index in [2.05, 4.69) is 60.5 Å². The summed E-state index contributed by atoms with van der Waals surface area (Å²) in [5.74, 6) is 2.72. The van der Waals surface area contributed by atoms with Gasteiger partial charge in [-0.1, -0.05) is 60.5 Å². The minimum Gasteiger partial charge on any atom is -0.462 e. The second-order valence-corrected chi connectivity index (χ2v) is 5.72. The van der Waals surface area contributed by atoms with Crippen LogP contribution in [0.4, 0.5) is 0 Å². The SMILES string of the molecule is OC#CCCCc1ccc2ccc3cccc4ccc1c2c34. The van der Waals surface area contributed by atoms with Crippen molar-refractivity contribution in [2.24, 2.45) is 0 Å². The lowest BCUT2D eigenvalue weighted by Gasteiger charge is -2.13. The first kappa shape index (κ1) is 13.0. The van der Waals surface area contributed by atoms with Crippen molar-refractivity contribution in [3.63, 3.8) is 0 Å². The van der Waals surface area contributed by atoms with Gasteiger partial charge in [0.1, 0.15) is 6.11 Å². The van der Waals surface area contributed by atoms with Gasteiger partial charge < -0.3 is 5.11 Å². The Labute approximate surface area is 129 Å². The highest BCUT2D eigenvalue weighted by Gasteiger charge is 2.10. The third-order valence-corrected chi connectivity index (χ3v) is 4.45. The van der Waals surface area contributed by atoms with Gasteiger partial charge in [-0.05, 0) is 50.7 Å². The van der Waals surface area contributed by atoms with E-state index in [1.165, 1.54) is 37.9 Å². The molecule has 0 atom stereocenters. The average Bonchev–Trinajstić information content (AvgIpc) is 2.57. The first-order chi connectivity index (χ1) is 10.9. The van der Waals surface area contributed by atoms with Crippen LogP contribution in [0.1, 0.15) is 18.4 Å². The van der Waals surface area contributed by atoms with Crippen LogP contribution in [-0.2, 0) is 6.42 Å². The average molecular weight is 284 g/mol. The Balaban J connectivity index is 1.93. The summed E-state index contributed by atoms with van der Waals surface area (Å²) in [6.07, 6.45) is 4.68. The van der Waals surface area contributed by atoms with Gasteiger partial charge in [0.25, 0.3) is 0 Å². The Bertz CT molecular complexity index is 1000. The van der Waals surface area contributed by atoms with E-state index >= 15 is 0 Å². The molecule has 0 aromatic heterocycles. The van der Waals surface area contributed by atoms with Crippen LogP contribution in [-0.4, -0.2) is 5.11 Å². The van der Waals surface area contributed by atoms with Crippen LogP contribution < -0.4 is 0 Å². The van der Waals surface area contributed by atoms with Gasteiger partial charge in [0.15, 0.2) is 0 Å². The Hall–Kier alpha value is -2.72. The summed E-state index contributed by atoms with van der Waals surface area (Å²) in [5, 5.41) is 16.6. The van der Waals surface area contributed by atoms with Crippen LogP contribution in [0.2, 0.25) is 0 Å². The molecule has 0 bridgehead atoms. The lowest BCUT2D eigenvalue weighted by atomic mass is 9.91. The first-order valence-corrected chi connectivity index (χ1v) is 7.66. The zero-order valence-corrected chi connectivity index (χ0v) is 12.3. The van der Waals surface area contributed by atoms with Crippen LogP contribution in [0.25, 0.3) is 32.3 Å². The van der Waals surface area contributed by atoms with Gasteiger partial charge >= 0.3 is 0 Å². The minimum absolute atomic E-state index is 0.735. The van der Waals surface area contributed by atoms with Crippen molar-refractivity contribution in [2.75, 3.05) is 0 Å². The van der Waals surface area contributed by atoms with Crippen LogP contribution in [0.5, 0.6) is 0 Å². The lowest BCUT2D eigenvalue weighted by Crippen LogP contribution is -1.90. The van der Waals surface area contributed by atoms with E-state index in [-0.39, 0.29) is 0 Å². The van der Waals surface area contributed by atoms with Crippen molar-refractivity contribution in [3.05, 3.63) is 60.2 Å². The smallest absolute Gasteiger partial charge is 0.107 e. The standard InChI is InChI=1S/C21H16O/c22-14-3-1-2-5-15-8-9-18-11-10-16-6-4-7-17-12-13-19(15)21(18)20(16)17/h4,6-13,22H,1-2,5H2.